The summed E-state index contributed by atoms with van der Waals surface area (Å²) in [6.07, 6.45) is 7.44. The van der Waals surface area contributed by atoms with Crippen molar-refractivity contribution in [2.45, 2.75) is 25.4 Å². The summed E-state index contributed by atoms with van der Waals surface area (Å²) in [4.78, 5) is 43.0. The van der Waals surface area contributed by atoms with E-state index in [-0.39, 0.29) is 29.5 Å². The van der Waals surface area contributed by atoms with E-state index in [0.717, 1.165) is 5.56 Å². The third-order valence-electron chi connectivity index (χ3n) is 5.18. The topological polar surface area (TPSA) is 90.8 Å². The van der Waals surface area contributed by atoms with E-state index in [9.17, 15) is 19.5 Å². The number of carboxylic acid groups (broad SMARTS) is 1. The van der Waals surface area contributed by atoms with Gasteiger partial charge in [0, 0.05) is 31.8 Å². The number of carbonyl (C=O) groups excluding carboxylic acids is 2. The Morgan fingerprint density at radius 3 is 2.64 bits per heavy atom. The van der Waals surface area contributed by atoms with E-state index < -0.39 is 12.0 Å². The van der Waals surface area contributed by atoms with Crippen LogP contribution in [-0.2, 0) is 14.4 Å². The van der Waals surface area contributed by atoms with E-state index >= 15 is 0 Å². The molecule has 3 aliphatic heterocycles. The molecule has 128 valence electrons. The average molecular weight is 339 g/mol. The standard InChI is InChI=1S/C18H17N3O4/c1-10(22)20-9-13-8-12(3-2-11-4-6-19-7-5-11)15(18(24)25)21-14(13)16(20)17(21)23/h2-7,13-14,16H,8-9H2,1H3,(H,24,25)/b3-2+/t13?,14-,16?/m1/s1. The largest absolute Gasteiger partial charge is 0.477 e. The fourth-order valence-electron chi connectivity index (χ4n) is 4.12. The highest BCUT2D eigenvalue weighted by molar-refractivity contribution is 6.02. The molecule has 2 saturated heterocycles. The van der Waals surface area contributed by atoms with Gasteiger partial charge < -0.3 is 10.0 Å². The van der Waals surface area contributed by atoms with Crippen molar-refractivity contribution < 1.29 is 19.5 Å². The van der Waals surface area contributed by atoms with Crippen molar-refractivity contribution in [1.29, 1.82) is 0 Å². The molecular weight excluding hydrogens is 322 g/mol. The highest BCUT2D eigenvalue weighted by Crippen LogP contribution is 2.47. The molecule has 4 rings (SSSR count). The molecule has 3 aliphatic rings. The van der Waals surface area contributed by atoms with Crippen molar-refractivity contribution in [3.8, 4) is 0 Å². The van der Waals surface area contributed by atoms with Crippen molar-refractivity contribution in [3.05, 3.63) is 47.4 Å². The molecule has 0 aliphatic carbocycles. The summed E-state index contributed by atoms with van der Waals surface area (Å²) < 4.78 is 0. The molecule has 1 aromatic heterocycles. The number of amides is 2. The number of hydrogen-bond acceptors (Lipinski definition) is 4. The number of carboxylic acids is 1. The maximum Gasteiger partial charge on any atom is 0.352 e. The van der Waals surface area contributed by atoms with Crippen LogP contribution in [0.3, 0.4) is 0 Å². The number of aliphatic carboxylic acids is 1. The molecule has 1 N–H and O–H groups in total. The second kappa shape index (κ2) is 5.54. The smallest absolute Gasteiger partial charge is 0.352 e. The van der Waals surface area contributed by atoms with Crippen LogP contribution in [0.15, 0.2) is 41.9 Å². The van der Waals surface area contributed by atoms with E-state index in [1.165, 1.54) is 11.8 Å². The zero-order valence-electron chi connectivity index (χ0n) is 13.6. The number of pyridine rings is 1. The minimum absolute atomic E-state index is 0.0400. The van der Waals surface area contributed by atoms with Crippen LogP contribution in [0.4, 0.5) is 0 Å². The van der Waals surface area contributed by atoms with Crippen molar-refractivity contribution in [2.75, 3.05) is 6.54 Å². The number of β-lactam (4-membered cyclic amide) rings is 1. The van der Waals surface area contributed by atoms with Gasteiger partial charge in [0.2, 0.25) is 5.91 Å². The van der Waals surface area contributed by atoms with Crippen LogP contribution in [0.5, 0.6) is 0 Å². The Morgan fingerprint density at radius 1 is 1.28 bits per heavy atom. The van der Waals surface area contributed by atoms with Gasteiger partial charge in [-0.25, -0.2) is 4.79 Å². The van der Waals surface area contributed by atoms with Gasteiger partial charge in [-0.05, 0) is 29.7 Å². The third-order valence-corrected chi connectivity index (χ3v) is 5.18. The molecule has 4 heterocycles. The highest BCUT2D eigenvalue weighted by atomic mass is 16.4. The molecule has 0 aromatic carbocycles. The Hall–Kier alpha value is -2.96. The fraction of sp³-hybridized carbons (Fsp3) is 0.333. The predicted molar refractivity (Wildman–Crippen MR) is 87.8 cm³/mol. The lowest BCUT2D eigenvalue weighted by atomic mass is 9.79. The summed E-state index contributed by atoms with van der Waals surface area (Å²) in [7, 11) is 0. The Kier molecular flexibility index (Phi) is 3.45. The Balaban J connectivity index is 1.70. The van der Waals surface area contributed by atoms with Crippen molar-refractivity contribution >= 4 is 23.9 Å². The Bertz CT molecular complexity index is 830. The summed E-state index contributed by atoms with van der Waals surface area (Å²) in [5, 5.41) is 9.64. The summed E-state index contributed by atoms with van der Waals surface area (Å²) in [5.74, 6) is -1.47. The molecule has 0 bridgehead atoms. The minimum Gasteiger partial charge on any atom is -0.477 e. The first-order valence-corrected chi connectivity index (χ1v) is 8.14. The molecule has 1 aromatic rings. The van der Waals surface area contributed by atoms with Crippen LogP contribution in [0.1, 0.15) is 18.9 Å². The summed E-state index contributed by atoms with van der Waals surface area (Å²) in [5.41, 5.74) is 1.56. The molecule has 2 unspecified atom stereocenters. The SMILES string of the molecule is CC(=O)N1CC2CC(/C=C/c3ccncc3)=C(C(=O)O)N3C(=O)C1[C@@H]23. The third kappa shape index (κ3) is 2.26. The van der Waals surface area contributed by atoms with Crippen LogP contribution in [0.25, 0.3) is 6.08 Å². The number of aromatic nitrogens is 1. The highest BCUT2D eigenvalue weighted by Gasteiger charge is 2.63. The predicted octanol–water partition coefficient (Wildman–Crippen LogP) is 0.895. The van der Waals surface area contributed by atoms with Crippen molar-refractivity contribution in [1.82, 2.24) is 14.8 Å². The van der Waals surface area contributed by atoms with Gasteiger partial charge in [-0.1, -0.05) is 12.2 Å². The van der Waals surface area contributed by atoms with Crippen molar-refractivity contribution in [3.63, 3.8) is 0 Å². The first kappa shape index (κ1) is 15.6. The van der Waals surface area contributed by atoms with E-state index in [2.05, 4.69) is 4.98 Å². The lowest BCUT2D eigenvalue weighted by Crippen LogP contribution is -2.69. The van der Waals surface area contributed by atoms with E-state index in [0.29, 0.717) is 18.5 Å². The van der Waals surface area contributed by atoms with Gasteiger partial charge in [0.1, 0.15) is 11.7 Å². The van der Waals surface area contributed by atoms with Crippen LogP contribution in [-0.4, -0.2) is 56.3 Å². The molecule has 0 saturated carbocycles. The van der Waals surface area contributed by atoms with Crippen LogP contribution >= 0.6 is 0 Å². The zero-order chi connectivity index (χ0) is 17.7. The molecule has 2 fully saturated rings. The molecular formula is C18H17N3O4. The maximum absolute atomic E-state index is 12.5. The number of likely N-dealkylation sites (tertiary alicyclic amines) is 1. The molecule has 0 radical (unpaired) electrons. The van der Waals surface area contributed by atoms with Gasteiger partial charge in [-0.15, -0.1) is 0 Å². The average Bonchev–Trinajstić information content (AvgIpc) is 2.96. The fourth-order valence-corrected chi connectivity index (χ4v) is 4.12. The summed E-state index contributed by atoms with van der Waals surface area (Å²) in [6, 6.07) is 2.94. The molecule has 3 atom stereocenters. The quantitative estimate of drug-likeness (QED) is 0.826. The van der Waals surface area contributed by atoms with Gasteiger partial charge in [0.15, 0.2) is 0 Å². The lowest BCUT2D eigenvalue weighted by molar-refractivity contribution is -0.159. The second-order valence-corrected chi connectivity index (χ2v) is 6.57. The number of nitrogens with zero attached hydrogens (tertiary/aromatic N) is 3. The van der Waals surface area contributed by atoms with Gasteiger partial charge in [0.05, 0.1) is 6.04 Å². The van der Waals surface area contributed by atoms with Gasteiger partial charge >= 0.3 is 5.97 Å². The van der Waals surface area contributed by atoms with Crippen LogP contribution in [0.2, 0.25) is 0 Å². The van der Waals surface area contributed by atoms with Gasteiger partial charge in [-0.2, -0.15) is 0 Å². The number of rotatable bonds is 3. The number of carbonyl (C=O) groups is 3. The van der Waals surface area contributed by atoms with E-state index in [4.69, 9.17) is 0 Å². The van der Waals surface area contributed by atoms with E-state index in [1.54, 1.807) is 23.4 Å². The van der Waals surface area contributed by atoms with E-state index in [1.807, 2.05) is 18.2 Å². The Morgan fingerprint density at radius 2 is 2.00 bits per heavy atom. The van der Waals surface area contributed by atoms with Gasteiger partial charge in [-0.3, -0.25) is 19.5 Å². The normalized spacial score (nSPS) is 27.6. The number of allylic oxidation sites excluding steroid dienone is 2. The molecule has 0 spiro atoms. The molecule has 7 heteroatoms. The minimum atomic E-state index is -1.11. The first-order chi connectivity index (χ1) is 12.0. The summed E-state index contributed by atoms with van der Waals surface area (Å²) in [6.45, 7) is 1.94. The lowest BCUT2D eigenvalue weighted by Gasteiger charge is -2.49. The monoisotopic (exact) mass is 339 g/mol. The van der Waals surface area contributed by atoms with Crippen LogP contribution in [0, 0.1) is 5.92 Å². The summed E-state index contributed by atoms with van der Waals surface area (Å²) >= 11 is 0. The van der Waals surface area contributed by atoms with Crippen LogP contribution < -0.4 is 0 Å². The maximum atomic E-state index is 12.5. The zero-order valence-corrected chi connectivity index (χ0v) is 13.6. The molecule has 7 nitrogen and oxygen atoms in total. The molecule has 2 amide bonds. The second-order valence-electron chi connectivity index (χ2n) is 6.57. The van der Waals surface area contributed by atoms with Gasteiger partial charge in [0.25, 0.3) is 5.91 Å². The molecule has 25 heavy (non-hydrogen) atoms. The van der Waals surface area contributed by atoms with Crippen molar-refractivity contribution in [2.24, 2.45) is 5.92 Å². The first-order valence-electron chi connectivity index (χ1n) is 8.14. The Labute approximate surface area is 144 Å². The number of hydrogen-bond donors (Lipinski definition) is 1.